The highest BCUT2D eigenvalue weighted by Gasteiger charge is 2.40. The topological polar surface area (TPSA) is 36.4 Å². The lowest BCUT2D eigenvalue weighted by molar-refractivity contribution is -0.137. The number of nitrogens with one attached hydrogen (secondary N) is 2. The van der Waals surface area contributed by atoms with Crippen molar-refractivity contribution >= 4 is 29.9 Å². The van der Waals surface area contributed by atoms with Crippen molar-refractivity contribution in [1.82, 2.24) is 10.6 Å². The molecule has 0 atom stereocenters. The average Bonchev–Trinajstić information content (AvgIpc) is 2.48. The van der Waals surface area contributed by atoms with Gasteiger partial charge in [-0.3, -0.25) is 4.99 Å². The largest absolute Gasteiger partial charge is 0.416 e. The second-order valence-electron chi connectivity index (χ2n) is 5.81. The maximum atomic E-state index is 12.9. The van der Waals surface area contributed by atoms with Gasteiger partial charge in [0.1, 0.15) is 0 Å². The number of guanidine groups is 1. The third kappa shape index (κ3) is 4.87. The molecule has 0 bridgehead atoms. The van der Waals surface area contributed by atoms with Gasteiger partial charge in [0, 0.05) is 25.6 Å². The molecular weight excluding hydrogens is 430 g/mol. The second kappa shape index (κ2) is 8.73. The van der Waals surface area contributed by atoms with Gasteiger partial charge in [-0.1, -0.05) is 30.7 Å². The van der Waals surface area contributed by atoms with E-state index in [2.05, 4.69) is 22.2 Å². The molecule has 1 aliphatic carbocycles. The van der Waals surface area contributed by atoms with Gasteiger partial charge in [0.05, 0.1) is 5.56 Å². The average molecular weight is 453 g/mol. The Hall–Kier alpha value is -1.25. The minimum absolute atomic E-state index is 0. The highest BCUT2D eigenvalue weighted by molar-refractivity contribution is 14.0. The van der Waals surface area contributed by atoms with Crippen molar-refractivity contribution in [3.8, 4) is 0 Å². The molecule has 2 rings (SSSR count). The van der Waals surface area contributed by atoms with E-state index in [4.69, 9.17) is 0 Å². The molecule has 2 N–H and O–H groups in total. The molecule has 1 fully saturated rings. The lowest BCUT2D eigenvalue weighted by Gasteiger charge is -2.43. The molecule has 1 aliphatic rings. The van der Waals surface area contributed by atoms with Crippen LogP contribution in [0.5, 0.6) is 0 Å². The first-order valence-electron chi connectivity index (χ1n) is 7.64. The fraction of sp³-hybridized carbons (Fsp3) is 0.471. The van der Waals surface area contributed by atoms with Crippen LogP contribution in [0.2, 0.25) is 0 Å². The number of aliphatic imine (C=N–C) groups is 1. The van der Waals surface area contributed by atoms with Gasteiger partial charge in [0.25, 0.3) is 0 Å². The van der Waals surface area contributed by atoms with E-state index in [-0.39, 0.29) is 29.4 Å². The summed E-state index contributed by atoms with van der Waals surface area (Å²) in [7, 11) is 1.66. The summed E-state index contributed by atoms with van der Waals surface area (Å²) >= 11 is 0. The molecule has 3 nitrogen and oxygen atoms in total. The summed E-state index contributed by atoms with van der Waals surface area (Å²) in [6.45, 7) is 4.77. The normalized spacial score (nSPS) is 16.6. The maximum Gasteiger partial charge on any atom is 0.416 e. The minimum Gasteiger partial charge on any atom is -0.356 e. The Morgan fingerprint density at radius 2 is 2.04 bits per heavy atom. The Labute approximate surface area is 157 Å². The number of alkyl halides is 3. The molecule has 7 heteroatoms. The Kier molecular flexibility index (Phi) is 7.56. The van der Waals surface area contributed by atoms with Crippen LogP contribution in [0.15, 0.2) is 41.9 Å². The van der Waals surface area contributed by atoms with Crippen LogP contribution in [0.4, 0.5) is 13.2 Å². The van der Waals surface area contributed by atoms with Crippen LogP contribution < -0.4 is 10.6 Å². The molecule has 24 heavy (non-hydrogen) atoms. The monoisotopic (exact) mass is 453 g/mol. The van der Waals surface area contributed by atoms with E-state index >= 15 is 0 Å². The maximum absolute atomic E-state index is 12.9. The first-order chi connectivity index (χ1) is 10.9. The van der Waals surface area contributed by atoms with Gasteiger partial charge < -0.3 is 10.6 Å². The standard InChI is InChI=1S/C17H22F3N3.HI/c1-3-10-22-15(21-2)23-12-16(8-5-9-16)13-6-4-7-14(11-13)17(18,19)20;/h3-4,6-7,11H,1,5,8-10,12H2,2H3,(H2,21,22,23);1H. The number of hydrogen-bond acceptors (Lipinski definition) is 1. The number of benzene rings is 1. The van der Waals surface area contributed by atoms with Gasteiger partial charge in [0.2, 0.25) is 0 Å². The zero-order valence-electron chi connectivity index (χ0n) is 13.6. The molecule has 0 amide bonds. The van der Waals surface area contributed by atoms with Gasteiger partial charge in [0.15, 0.2) is 5.96 Å². The van der Waals surface area contributed by atoms with Crippen LogP contribution in [-0.2, 0) is 11.6 Å². The first-order valence-corrected chi connectivity index (χ1v) is 7.64. The summed E-state index contributed by atoms with van der Waals surface area (Å²) in [5.41, 5.74) is -0.103. The van der Waals surface area contributed by atoms with E-state index in [0.29, 0.717) is 19.0 Å². The smallest absolute Gasteiger partial charge is 0.356 e. The Bertz CT molecular complexity index is 581. The van der Waals surface area contributed by atoms with Crippen molar-refractivity contribution < 1.29 is 13.2 Å². The molecule has 0 unspecified atom stereocenters. The third-order valence-electron chi connectivity index (χ3n) is 4.34. The molecule has 0 saturated heterocycles. The van der Waals surface area contributed by atoms with E-state index in [9.17, 15) is 13.2 Å². The molecule has 0 spiro atoms. The fourth-order valence-corrected chi connectivity index (χ4v) is 2.84. The molecular formula is C17H23F3IN3. The van der Waals surface area contributed by atoms with Gasteiger partial charge >= 0.3 is 6.18 Å². The zero-order valence-corrected chi connectivity index (χ0v) is 15.9. The second-order valence-corrected chi connectivity index (χ2v) is 5.81. The van der Waals surface area contributed by atoms with Crippen molar-refractivity contribution in [1.29, 1.82) is 0 Å². The van der Waals surface area contributed by atoms with Crippen molar-refractivity contribution in [2.45, 2.75) is 30.9 Å². The number of rotatable bonds is 5. The fourth-order valence-electron chi connectivity index (χ4n) is 2.84. The summed E-state index contributed by atoms with van der Waals surface area (Å²) in [6, 6.07) is 5.67. The quantitative estimate of drug-likeness (QED) is 0.305. The lowest BCUT2D eigenvalue weighted by atomic mass is 9.64. The molecule has 0 heterocycles. The predicted molar refractivity (Wildman–Crippen MR) is 102 cm³/mol. The summed E-state index contributed by atoms with van der Waals surface area (Å²) in [5, 5.41) is 6.28. The highest BCUT2D eigenvalue weighted by atomic mass is 127. The van der Waals surface area contributed by atoms with E-state index in [0.717, 1.165) is 30.9 Å². The third-order valence-corrected chi connectivity index (χ3v) is 4.34. The zero-order chi connectivity index (χ0) is 16.9. The predicted octanol–water partition coefficient (Wildman–Crippen LogP) is 4.10. The van der Waals surface area contributed by atoms with Gasteiger partial charge in [-0.05, 0) is 24.5 Å². The van der Waals surface area contributed by atoms with Gasteiger partial charge in [-0.15, -0.1) is 30.6 Å². The van der Waals surface area contributed by atoms with Crippen LogP contribution in [0.25, 0.3) is 0 Å². The number of halogens is 4. The van der Waals surface area contributed by atoms with Crippen LogP contribution in [0, 0.1) is 0 Å². The molecule has 1 aromatic rings. The van der Waals surface area contributed by atoms with Gasteiger partial charge in [-0.2, -0.15) is 13.2 Å². The summed E-state index contributed by atoms with van der Waals surface area (Å²) < 4.78 is 38.8. The molecule has 1 aromatic carbocycles. The molecule has 1 saturated carbocycles. The van der Waals surface area contributed by atoms with Gasteiger partial charge in [-0.25, -0.2) is 0 Å². The Morgan fingerprint density at radius 3 is 2.54 bits per heavy atom. The molecule has 134 valence electrons. The SMILES string of the molecule is C=CCNC(=NC)NCC1(c2cccc(C(F)(F)F)c2)CCC1.I. The van der Waals surface area contributed by atoms with Crippen molar-refractivity contribution in [2.75, 3.05) is 20.1 Å². The summed E-state index contributed by atoms with van der Waals surface area (Å²) in [4.78, 5) is 4.10. The van der Waals surface area contributed by atoms with Crippen molar-refractivity contribution in [2.24, 2.45) is 4.99 Å². The molecule has 0 aliphatic heterocycles. The lowest BCUT2D eigenvalue weighted by Crippen LogP contribution is -2.49. The van der Waals surface area contributed by atoms with E-state index in [1.165, 1.54) is 12.1 Å². The molecule has 0 radical (unpaired) electrons. The van der Waals surface area contributed by atoms with Crippen LogP contribution in [-0.4, -0.2) is 26.1 Å². The summed E-state index contributed by atoms with van der Waals surface area (Å²) in [5.74, 6) is 0.628. The van der Waals surface area contributed by atoms with Crippen LogP contribution in [0.1, 0.15) is 30.4 Å². The Morgan fingerprint density at radius 1 is 1.33 bits per heavy atom. The van der Waals surface area contributed by atoms with E-state index < -0.39 is 11.7 Å². The van der Waals surface area contributed by atoms with Crippen molar-refractivity contribution in [3.05, 3.63) is 48.0 Å². The van der Waals surface area contributed by atoms with E-state index in [1.54, 1.807) is 19.2 Å². The van der Waals surface area contributed by atoms with Crippen molar-refractivity contribution in [3.63, 3.8) is 0 Å². The van der Waals surface area contributed by atoms with Crippen LogP contribution in [0.3, 0.4) is 0 Å². The number of hydrogen-bond donors (Lipinski definition) is 2. The first kappa shape index (κ1) is 20.8. The Balaban J connectivity index is 0.00000288. The minimum atomic E-state index is -4.31. The summed E-state index contributed by atoms with van der Waals surface area (Å²) in [6.07, 6.45) is 0.185. The number of nitrogens with zero attached hydrogens (tertiary/aromatic N) is 1. The highest BCUT2D eigenvalue weighted by Crippen LogP contribution is 2.44. The molecule has 0 aromatic heterocycles. The van der Waals surface area contributed by atoms with E-state index in [1.807, 2.05) is 0 Å². The van der Waals surface area contributed by atoms with Crippen LogP contribution >= 0.6 is 24.0 Å².